The van der Waals surface area contributed by atoms with Crippen LogP contribution in [-0.4, -0.2) is 40.9 Å². The molecule has 0 atom stereocenters. The molecule has 2 heterocycles. The fourth-order valence-corrected chi connectivity index (χ4v) is 3.43. The van der Waals surface area contributed by atoms with Gasteiger partial charge in [-0.25, -0.2) is 13.4 Å². The minimum Gasteiger partial charge on any atom is -0.331 e. The summed E-state index contributed by atoms with van der Waals surface area (Å²) in [5.74, 6) is 0.150. The van der Waals surface area contributed by atoms with Crippen LogP contribution in [-0.2, 0) is 23.1 Å². The number of hydrogen-bond donors (Lipinski definition) is 0. The molecule has 1 aliphatic heterocycles. The van der Waals surface area contributed by atoms with Crippen LogP contribution in [0.1, 0.15) is 29.5 Å². The van der Waals surface area contributed by atoms with E-state index in [1.807, 2.05) is 11.5 Å². The Balaban J connectivity index is 2.26. The van der Waals surface area contributed by atoms with E-state index in [0.717, 1.165) is 0 Å². The number of rotatable bonds is 4. The Bertz CT molecular complexity index is 521. The van der Waals surface area contributed by atoms with Gasteiger partial charge in [-0.2, -0.15) is 4.31 Å². The van der Waals surface area contributed by atoms with Crippen LogP contribution < -0.4 is 0 Å². The lowest BCUT2D eigenvalue weighted by molar-refractivity contribution is 0.111. The second-order valence-electron chi connectivity index (χ2n) is 4.04. The van der Waals surface area contributed by atoms with Crippen LogP contribution in [0.5, 0.6) is 0 Å². The Labute approximate surface area is 100 Å². The lowest BCUT2D eigenvalue weighted by Gasteiger charge is -2.27. The molecule has 0 amide bonds. The van der Waals surface area contributed by atoms with E-state index >= 15 is 0 Å². The van der Waals surface area contributed by atoms with Gasteiger partial charge in [0.15, 0.2) is 6.29 Å². The van der Waals surface area contributed by atoms with Crippen molar-refractivity contribution in [2.24, 2.45) is 0 Å². The number of nitrogens with zero attached hydrogens (tertiary/aromatic N) is 3. The van der Waals surface area contributed by atoms with Gasteiger partial charge in [0.2, 0.25) is 10.0 Å². The zero-order valence-corrected chi connectivity index (χ0v) is 10.5. The van der Waals surface area contributed by atoms with E-state index in [-0.39, 0.29) is 12.3 Å². The van der Waals surface area contributed by atoms with Crippen molar-refractivity contribution in [3.05, 3.63) is 17.7 Å². The maximum atomic E-state index is 11.9. The first-order valence-electron chi connectivity index (χ1n) is 5.55. The first kappa shape index (κ1) is 12.3. The third-order valence-electron chi connectivity index (χ3n) is 2.86. The highest BCUT2D eigenvalue weighted by Crippen LogP contribution is 2.18. The van der Waals surface area contributed by atoms with Gasteiger partial charge in [-0.1, -0.05) is 6.92 Å². The molecule has 1 aromatic rings. The van der Waals surface area contributed by atoms with Gasteiger partial charge in [0.25, 0.3) is 0 Å². The average molecular weight is 257 g/mol. The van der Waals surface area contributed by atoms with Crippen LogP contribution in [0.2, 0.25) is 0 Å². The molecule has 17 heavy (non-hydrogen) atoms. The Morgan fingerprint density at radius 2 is 2.24 bits per heavy atom. The maximum absolute atomic E-state index is 11.9. The van der Waals surface area contributed by atoms with Crippen LogP contribution >= 0.6 is 0 Å². The molecular formula is C10H15N3O3S. The van der Waals surface area contributed by atoms with Gasteiger partial charge in [0.1, 0.15) is 5.69 Å². The number of carbonyl (C=O) groups excluding carboxylic acids is 1. The summed E-state index contributed by atoms with van der Waals surface area (Å²) in [6, 6.07) is 0. The van der Waals surface area contributed by atoms with E-state index in [0.29, 0.717) is 37.2 Å². The highest BCUT2D eigenvalue weighted by molar-refractivity contribution is 7.89. The predicted molar refractivity (Wildman–Crippen MR) is 62.1 cm³/mol. The summed E-state index contributed by atoms with van der Waals surface area (Å²) in [5.41, 5.74) is 1.02. The largest absolute Gasteiger partial charge is 0.331 e. The smallest absolute Gasteiger partial charge is 0.214 e. The molecule has 7 heteroatoms. The third kappa shape index (κ3) is 2.25. The van der Waals surface area contributed by atoms with Crippen LogP contribution in [0.25, 0.3) is 0 Å². The average Bonchev–Trinajstić information content (AvgIpc) is 2.70. The predicted octanol–water partition coefficient (Wildman–Crippen LogP) is 0.251. The molecule has 0 bridgehead atoms. The van der Waals surface area contributed by atoms with Crippen molar-refractivity contribution in [3.8, 4) is 0 Å². The molecule has 0 aliphatic carbocycles. The van der Waals surface area contributed by atoms with Crippen molar-refractivity contribution in [3.63, 3.8) is 0 Å². The number of aromatic nitrogens is 2. The van der Waals surface area contributed by atoms with Crippen molar-refractivity contribution >= 4 is 16.3 Å². The molecule has 1 aliphatic rings. The van der Waals surface area contributed by atoms with Crippen LogP contribution in [0, 0.1) is 0 Å². The molecule has 1 aromatic heterocycles. The Morgan fingerprint density at radius 1 is 1.47 bits per heavy atom. The Morgan fingerprint density at radius 3 is 2.88 bits per heavy atom. The molecule has 6 nitrogen and oxygen atoms in total. The molecule has 0 spiro atoms. The van der Waals surface area contributed by atoms with E-state index in [1.165, 1.54) is 4.31 Å². The topological polar surface area (TPSA) is 72.3 Å². The van der Waals surface area contributed by atoms with Gasteiger partial charge in [-0.3, -0.25) is 4.79 Å². The summed E-state index contributed by atoms with van der Waals surface area (Å²) in [4.78, 5) is 14.7. The monoisotopic (exact) mass is 257 g/mol. The molecule has 0 fully saturated rings. The van der Waals surface area contributed by atoms with Crippen LogP contribution in [0.4, 0.5) is 0 Å². The highest BCUT2D eigenvalue weighted by atomic mass is 32.2. The minimum atomic E-state index is -3.20. The molecular weight excluding hydrogens is 242 g/mol. The number of hydrogen-bond acceptors (Lipinski definition) is 4. The first-order valence-corrected chi connectivity index (χ1v) is 7.16. The van der Waals surface area contributed by atoms with Gasteiger partial charge >= 0.3 is 0 Å². The van der Waals surface area contributed by atoms with Gasteiger partial charge in [-0.05, 0) is 6.42 Å². The van der Waals surface area contributed by atoms with Gasteiger partial charge in [-0.15, -0.1) is 0 Å². The normalized spacial score (nSPS) is 16.8. The molecule has 0 unspecified atom stereocenters. The van der Waals surface area contributed by atoms with E-state index in [1.54, 1.807) is 6.33 Å². The standard InChI is InChI=1S/C10H15N3O3S/c1-2-5-17(15,16)13-4-3-12-8-11-9(7-14)10(12)6-13/h7-8H,2-6H2,1H3. The zero-order valence-electron chi connectivity index (χ0n) is 9.66. The molecule has 94 valence electrons. The van der Waals surface area contributed by atoms with E-state index < -0.39 is 10.0 Å². The summed E-state index contributed by atoms with van der Waals surface area (Å²) in [7, 11) is -3.20. The number of aldehydes is 1. The summed E-state index contributed by atoms with van der Waals surface area (Å²) in [5, 5.41) is 0. The quantitative estimate of drug-likeness (QED) is 0.725. The fraction of sp³-hybridized carbons (Fsp3) is 0.600. The number of imidazole rings is 1. The number of carbonyl (C=O) groups is 1. The third-order valence-corrected chi connectivity index (χ3v) is 4.88. The molecule has 2 rings (SSSR count). The van der Waals surface area contributed by atoms with Gasteiger partial charge in [0, 0.05) is 13.1 Å². The van der Waals surface area contributed by atoms with Gasteiger partial charge in [0.05, 0.1) is 24.3 Å². The van der Waals surface area contributed by atoms with Crippen molar-refractivity contribution in [2.75, 3.05) is 12.3 Å². The summed E-state index contributed by atoms with van der Waals surface area (Å²) in [6.07, 6.45) is 2.85. The van der Waals surface area contributed by atoms with E-state index in [4.69, 9.17) is 0 Å². The highest BCUT2D eigenvalue weighted by Gasteiger charge is 2.27. The minimum absolute atomic E-state index is 0.150. The second kappa shape index (κ2) is 4.58. The van der Waals surface area contributed by atoms with E-state index in [2.05, 4.69) is 4.98 Å². The lowest BCUT2D eigenvalue weighted by Crippen LogP contribution is -2.39. The van der Waals surface area contributed by atoms with Gasteiger partial charge < -0.3 is 4.57 Å². The second-order valence-corrected chi connectivity index (χ2v) is 6.13. The number of fused-ring (bicyclic) bond motifs is 1. The SMILES string of the molecule is CCCS(=O)(=O)N1CCn2cnc(C=O)c2C1. The molecule has 0 saturated carbocycles. The van der Waals surface area contributed by atoms with Crippen molar-refractivity contribution < 1.29 is 13.2 Å². The Kier molecular flexibility index (Phi) is 3.30. The maximum Gasteiger partial charge on any atom is 0.214 e. The number of sulfonamides is 1. The lowest BCUT2D eigenvalue weighted by atomic mass is 10.3. The molecule has 0 radical (unpaired) electrons. The fourth-order valence-electron chi connectivity index (χ4n) is 1.98. The van der Waals surface area contributed by atoms with E-state index in [9.17, 15) is 13.2 Å². The summed E-state index contributed by atoms with van der Waals surface area (Å²) in [6.45, 7) is 3.09. The zero-order chi connectivity index (χ0) is 12.5. The van der Waals surface area contributed by atoms with Crippen molar-refractivity contribution in [2.45, 2.75) is 26.4 Å². The first-order chi connectivity index (χ1) is 8.08. The van der Waals surface area contributed by atoms with Crippen molar-refractivity contribution in [1.82, 2.24) is 13.9 Å². The molecule has 0 saturated heterocycles. The van der Waals surface area contributed by atoms with Crippen molar-refractivity contribution in [1.29, 1.82) is 0 Å². The summed E-state index contributed by atoms with van der Waals surface area (Å²) < 4.78 is 27.1. The van der Waals surface area contributed by atoms with Crippen LogP contribution in [0.3, 0.4) is 0 Å². The molecule has 0 N–H and O–H groups in total. The summed E-state index contributed by atoms with van der Waals surface area (Å²) >= 11 is 0. The Hall–Kier alpha value is -1.21. The van der Waals surface area contributed by atoms with Crippen LogP contribution in [0.15, 0.2) is 6.33 Å². The molecule has 0 aromatic carbocycles.